The van der Waals surface area contributed by atoms with E-state index in [0.717, 1.165) is 10.6 Å². The minimum absolute atomic E-state index is 0.0620. The van der Waals surface area contributed by atoms with Crippen molar-refractivity contribution in [3.63, 3.8) is 0 Å². The molecule has 0 aliphatic heterocycles. The number of nitrogens with one attached hydrogen (secondary N) is 3. The fourth-order valence-electron chi connectivity index (χ4n) is 2.62. The molecule has 0 spiro atoms. The van der Waals surface area contributed by atoms with E-state index in [2.05, 4.69) is 30.6 Å². The summed E-state index contributed by atoms with van der Waals surface area (Å²) in [6.45, 7) is -0.201. The first-order chi connectivity index (χ1) is 14.9. The number of halogens is 3. The summed E-state index contributed by atoms with van der Waals surface area (Å²) in [4.78, 5) is 25.4. The average Bonchev–Trinajstić information content (AvgIpc) is 2.70. The van der Waals surface area contributed by atoms with Crippen LogP contribution in [-0.2, 0) is 22.7 Å². The number of hydrogen-bond acceptors (Lipinski definition) is 8. The smallest absolute Gasteiger partial charge is 0.365 e. The summed E-state index contributed by atoms with van der Waals surface area (Å²) in [5, 5.41) is 5.24. The first-order valence-corrected chi connectivity index (χ1v) is 10.8. The highest BCUT2D eigenvalue weighted by atomic mass is 32.2. The molecule has 0 radical (unpaired) electrons. The van der Waals surface area contributed by atoms with E-state index in [9.17, 15) is 26.4 Å². The van der Waals surface area contributed by atoms with Gasteiger partial charge in [-0.25, -0.2) is 18.4 Å². The van der Waals surface area contributed by atoms with Gasteiger partial charge in [0.15, 0.2) is 0 Å². The van der Waals surface area contributed by atoms with Crippen LogP contribution in [0.15, 0.2) is 47.7 Å². The van der Waals surface area contributed by atoms with E-state index in [1.165, 1.54) is 43.7 Å². The van der Waals surface area contributed by atoms with Crippen LogP contribution < -0.4 is 20.5 Å². The Balaban J connectivity index is 1.92. The highest BCUT2D eigenvalue weighted by molar-refractivity contribution is 7.92. The van der Waals surface area contributed by atoms with Gasteiger partial charge in [-0.2, -0.15) is 18.2 Å². The zero-order valence-corrected chi connectivity index (χ0v) is 17.6. The minimum Gasteiger partial charge on any atom is -0.365 e. The van der Waals surface area contributed by atoms with Gasteiger partial charge in [0.1, 0.15) is 17.2 Å². The molecule has 3 aromatic heterocycles. The maximum absolute atomic E-state index is 13.5. The topological polar surface area (TPSA) is 133 Å². The molecule has 14 heteroatoms. The summed E-state index contributed by atoms with van der Waals surface area (Å²) >= 11 is 0. The van der Waals surface area contributed by atoms with Crippen molar-refractivity contribution >= 4 is 33.3 Å². The Morgan fingerprint density at radius 1 is 1.22 bits per heavy atom. The molecule has 0 aliphatic carbocycles. The fourth-order valence-corrected chi connectivity index (χ4v) is 3.10. The first kappa shape index (κ1) is 23.0. The molecule has 0 fully saturated rings. The summed E-state index contributed by atoms with van der Waals surface area (Å²) in [6.07, 6.45) is -0.423. The maximum atomic E-state index is 13.5. The molecule has 10 nitrogen and oxygen atoms in total. The molecular formula is C18H18F3N7O3S. The van der Waals surface area contributed by atoms with Gasteiger partial charge in [-0.3, -0.25) is 9.10 Å². The zero-order chi connectivity index (χ0) is 23.5. The molecule has 3 N–H and O–H groups in total. The molecule has 0 amide bonds. The van der Waals surface area contributed by atoms with Gasteiger partial charge in [0.2, 0.25) is 21.5 Å². The molecule has 0 aliphatic rings. The summed E-state index contributed by atoms with van der Waals surface area (Å²) in [6, 6.07) is 5.73. The largest absolute Gasteiger partial charge is 0.421 e. The lowest BCUT2D eigenvalue weighted by Crippen LogP contribution is -2.27. The third-order valence-electron chi connectivity index (χ3n) is 4.23. The second kappa shape index (κ2) is 8.82. The highest BCUT2D eigenvalue weighted by Crippen LogP contribution is 2.34. The minimum atomic E-state index is -4.74. The van der Waals surface area contributed by atoms with E-state index < -0.39 is 33.1 Å². The molecule has 0 saturated heterocycles. The van der Waals surface area contributed by atoms with Crippen LogP contribution in [0.1, 0.15) is 11.1 Å². The van der Waals surface area contributed by atoms with E-state index in [4.69, 9.17) is 0 Å². The number of alkyl halides is 3. The lowest BCUT2D eigenvalue weighted by atomic mass is 10.2. The fraction of sp³-hybridized carbons (Fsp3) is 0.222. The number of pyridine rings is 2. The van der Waals surface area contributed by atoms with Gasteiger partial charge >= 0.3 is 6.18 Å². The van der Waals surface area contributed by atoms with Gasteiger partial charge in [-0.05, 0) is 12.1 Å². The van der Waals surface area contributed by atoms with Gasteiger partial charge in [-0.15, -0.1) is 0 Å². The lowest BCUT2D eigenvalue weighted by Gasteiger charge is -2.20. The Morgan fingerprint density at radius 3 is 2.62 bits per heavy atom. The van der Waals surface area contributed by atoms with Gasteiger partial charge in [-0.1, -0.05) is 6.07 Å². The van der Waals surface area contributed by atoms with Crippen molar-refractivity contribution in [1.29, 1.82) is 0 Å². The molecule has 3 rings (SSSR count). The standard InChI is InChI=1S/C18H18F3N7O3S/c1-28(32(2,30)31)16-11(4-3-6-23-16)9-24-15-13(18(19,20)21)10-25-17(27-15)26-12-5-7-22-14(29)8-12/h3-8,10H,9H2,1-2H3,(H3,22,24,25,26,27,29). The molecule has 0 unspecified atom stereocenters. The van der Waals surface area contributed by atoms with Gasteiger partial charge in [0.25, 0.3) is 0 Å². The molecule has 3 heterocycles. The number of anilines is 4. The Bertz CT molecular complexity index is 1280. The van der Waals surface area contributed by atoms with Gasteiger partial charge in [0.05, 0.1) is 6.26 Å². The van der Waals surface area contributed by atoms with Crippen LogP contribution in [0.2, 0.25) is 0 Å². The molecule has 0 bridgehead atoms. The Labute approximate surface area is 180 Å². The van der Waals surface area contributed by atoms with Crippen molar-refractivity contribution in [2.75, 3.05) is 28.2 Å². The molecule has 0 atom stereocenters. The van der Waals surface area contributed by atoms with E-state index >= 15 is 0 Å². The number of hydrogen-bond donors (Lipinski definition) is 3. The van der Waals surface area contributed by atoms with Gasteiger partial charge in [0, 0.05) is 49.5 Å². The SMILES string of the molecule is CN(c1ncccc1CNc1nc(Nc2cc[nH]c(=O)c2)ncc1C(F)(F)F)S(C)(=O)=O. The predicted molar refractivity (Wildman–Crippen MR) is 112 cm³/mol. The second-order valence-electron chi connectivity index (χ2n) is 6.59. The van der Waals surface area contributed by atoms with Crippen LogP contribution in [0.25, 0.3) is 0 Å². The van der Waals surface area contributed by atoms with E-state index in [1.54, 1.807) is 0 Å². The van der Waals surface area contributed by atoms with Crippen molar-refractivity contribution in [1.82, 2.24) is 19.9 Å². The van der Waals surface area contributed by atoms with Crippen LogP contribution in [0, 0.1) is 0 Å². The summed E-state index contributed by atoms with van der Waals surface area (Å²) < 4.78 is 65.0. The Kier molecular flexibility index (Phi) is 6.34. The number of nitrogens with zero attached hydrogens (tertiary/aromatic N) is 4. The van der Waals surface area contributed by atoms with Crippen LogP contribution in [-0.4, -0.2) is 41.7 Å². The van der Waals surface area contributed by atoms with E-state index in [0.29, 0.717) is 11.8 Å². The third kappa shape index (κ3) is 5.51. The van der Waals surface area contributed by atoms with Crippen molar-refractivity contribution in [3.05, 3.63) is 64.3 Å². The summed E-state index contributed by atoms with van der Waals surface area (Å²) in [5.74, 6) is -0.644. The van der Waals surface area contributed by atoms with Crippen LogP contribution >= 0.6 is 0 Å². The number of rotatable bonds is 7. The maximum Gasteiger partial charge on any atom is 0.421 e. The quantitative estimate of drug-likeness (QED) is 0.480. The number of H-pyrrole nitrogens is 1. The Morgan fingerprint density at radius 2 is 1.97 bits per heavy atom. The zero-order valence-electron chi connectivity index (χ0n) is 16.8. The molecule has 3 aromatic rings. The highest BCUT2D eigenvalue weighted by Gasteiger charge is 2.35. The average molecular weight is 469 g/mol. The molecular weight excluding hydrogens is 451 g/mol. The molecule has 0 aromatic carbocycles. The first-order valence-electron chi connectivity index (χ1n) is 8.97. The molecule has 170 valence electrons. The summed E-state index contributed by atoms with van der Waals surface area (Å²) in [5.41, 5.74) is -0.921. The predicted octanol–water partition coefficient (Wildman–Crippen LogP) is 2.33. The van der Waals surface area contributed by atoms with Crippen LogP contribution in [0.3, 0.4) is 0 Å². The summed E-state index contributed by atoms with van der Waals surface area (Å²) in [7, 11) is -2.35. The third-order valence-corrected chi connectivity index (χ3v) is 5.40. The van der Waals surface area contributed by atoms with Crippen LogP contribution in [0.4, 0.5) is 36.4 Å². The van der Waals surface area contributed by atoms with Gasteiger partial charge < -0.3 is 15.6 Å². The molecule has 0 saturated carbocycles. The van der Waals surface area contributed by atoms with E-state index in [1.807, 2.05) is 0 Å². The van der Waals surface area contributed by atoms with Crippen molar-refractivity contribution < 1.29 is 21.6 Å². The van der Waals surface area contributed by atoms with Crippen LogP contribution in [0.5, 0.6) is 0 Å². The van der Waals surface area contributed by atoms with E-state index in [-0.39, 0.29) is 24.0 Å². The van der Waals surface area contributed by atoms with Crippen molar-refractivity contribution in [2.45, 2.75) is 12.7 Å². The van der Waals surface area contributed by atoms with Crippen molar-refractivity contribution in [3.8, 4) is 0 Å². The monoisotopic (exact) mass is 469 g/mol. The Hall–Kier alpha value is -3.68. The normalized spacial score (nSPS) is 11.8. The number of aromatic nitrogens is 4. The second-order valence-corrected chi connectivity index (χ2v) is 8.60. The van der Waals surface area contributed by atoms with Crippen molar-refractivity contribution in [2.24, 2.45) is 0 Å². The number of sulfonamides is 1. The molecule has 32 heavy (non-hydrogen) atoms. The number of aromatic amines is 1. The lowest BCUT2D eigenvalue weighted by molar-refractivity contribution is -0.137.